The Balaban J connectivity index is 2.97. The SMILES string of the molecule is FC(F)(F)[n+]1cccnc1. The van der Waals surface area contributed by atoms with Crippen LogP contribution in [-0.2, 0) is 6.30 Å². The first-order valence-electron chi connectivity index (χ1n) is 2.49. The average molecular weight is 149 g/mol. The van der Waals surface area contributed by atoms with Crippen LogP contribution in [0.1, 0.15) is 0 Å². The van der Waals surface area contributed by atoms with Gasteiger partial charge in [0.2, 0.25) is 0 Å². The number of halogens is 3. The second kappa shape index (κ2) is 2.24. The van der Waals surface area contributed by atoms with Gasteiger partial charge in [0.1, 0.15) is 12.4 Å². The van der Waals surface area contributed by atoms with Gasteiger partial charge in [-0.3, -0.25) is 0 Å². The van der Waals surface area contributed by atoms with Crippen LogP contribution in [0, 0.1) is 0 Å². The fourth-order valence-electron chi connectivity index (χ4n) is 0.480. The van der Waals surface area contributed by atoms with Crippen LogP contribution in [-0.4, -0.2) is 4.98 Å². The molecule has 0 amide bonds. The maximum Gasteiger partial charge on any atom is 0.567 e. The Labute approximate surface area is 54.9 Å². The third kappa shape index (κ3) is 1.43. The molecule has 0 aliphatic heterocycles. The summed E-state index contributed by atoms with van der Waals surface area (Å²) < 4.78 is 35.2. The number of alkyl halides is 3. The summed E-state index contributed by atoms with van der Waals surface area (Å²) in [7, 11) is 0. The zero-order valence-corrected chi connectivity index (χ0v) is 4.84. The van der Waals surface area contributed by atoms with Gasteiger partial charge in [-0.05, 0) is 0 Å². The van der Waals surface area contributed by atoms with Gasteiger partial charge in [-0.25, -0.2) is 0 Å². The van der Waals surface area contributed by atoms with Crippen molar-refractivity contribution in [3.05, 3.63) is 24.8 Å². The molecule has 0 N–H and O–H groups in total. The molecule has 0 radical (unpaired) electrons. The van der Waals surface area contributed by atoms with Gasteiger partial charge in [0, 0.05) is 6.07 Å². The molecule has 0 unspecified atom stereocenters. The highest BCUT2D eigenvalue weighted by molar-refractivity contribution is 4.69. The molecule has 0 saturated carbocycles. The topological polar surface area (TPSA) is 16.8 Å². The zero-order valence-electron chi connectivity index (χ0n) is 4.84. The van der Waals surface area contributed by atoms with Gasteiger partial charge < -0.3 is 0 Å². The molecule has 0 aliphatic rings. The van der Waals surface area contributed by atoms with Crippen LogP contribution in [0.5, 0.6) is 0 Å². The Morgan fingerprint density at radius 2 is 2.00 bits per heavy atom. The van der Waals surface area contributed by atoms with E-state index in [1.807, 2.05) is 0 Å². The fraction of sp³-hybridized carbons (Fsp3) is 0.200. The minimum Gasteiger partial charge on any atom is -0.143 e. The van der Waals surface area contributed by atoms with Crippen molar-refractivity contribution in [2.24, 2.45) is 0 Å². The molecule has 5 heteroatoms. The first-order chi connectivity index (χ1) is 4.61. The maximum atomic E-state index is 11.7. The molecule has 1 aromatic heterocycles. The van der Waals surface area contributed by atoms with Crippen molar-refractivity contribution in [2.45, 2.75) is 6.30 Å². The smallest absolute Gasteiger partial charge is 0.143 e. The van der Waals surface area contributed by atoms with Crippen molar-refractivity contribution in [3.63, 3.8) is 0 Å². The standard InChI is InChI=1S/C5H4F3N2/c6-5(7,8)10-3-1-2-9-4-10/h1-4H/q+1. The van der Waals surface area contributed by atoms with E-state index in [0.717, 1.165) is 6.20 Å². The molecular formula is C5H4F3N2+. The van der Waals surface area contributed by atoms with Gasteiger partial charge in [-0.15, -0.1) is 17.7 Å². The summed E-state index contributed by atoms with van der Waals surface area (Å²) >= 11 is 0. The number of nitrogens with zero attached hydrogens (tertiary/aromatic N) is 2. The molecular weight excluding hydrogens is 145 g/mol. The van der Waals surface area contributed by atoms with Crippen molar-refractivity contribution in [2.75, 3.05) is 0 Å². The minimum atomic E-state index is -4.35. The van der Waals surface area contributed by atoms with E-state index in [1.54, 1.807) is 0 Å². The molecule has 0 aliphatic carbocycles. The minimum absolute atomic E-state index is 0.0764. The highest BCUT2D eigenvalue weighted by atomic mass is 19.4. The lowest BCUT2D eigenvalue weighted by atomic mass is 10.7. The van der Waals surface area contributed by atoms with Crippen molar-refractivity contribution in [1.82, 2.24) is 4.98 Å². The predicted molar refractivity (Wildman–Crippen MR) is 25.7 cm³/mol. The molecule has 0 bridgehead atoms. The van der Waals surface area contributed by atoms with Gasteiger partial charge in [-0.2, -0.15) is 0 Å². The van der Waals surface area contributed by atoms with E-state index in [-0.39, 0.29) is 4.57 Å². The number of aromatic nitrogens is 2. The monoisotopic (exact) mass is 149 g/mol. The summed E-state index contributed by atoms with van der Waals surface area (Å²) in [6.45, 7) is 0. The molecule has 0 fully saturated rings. The van der Waals surface area contributed by atoms with Gasteiger partial charge in [0.25, 0.3) is 6.33 Å². The van der Waals surface area contributed by atoms with Crippen LogP contribution >= 0.6 is 0 Å². The molecule has 0 saturated heterocycles. The first kappa shape index (κ1) is 6.98. The van der Waals surface area contributed by atoms with E-state index in [0.29, 0.717) is 6.33 Å². The molecule has 0 spiro atoms. The predicted octanol–water partition coefficient (Wildman–Crippen LogP) is 0.845. The number of rotatable bonds is 0. The van der Waals surface area contributed by atoms with Crippen LogP contribution in [0.2, 0.25) is 0 Å². The summed E-state index contributed by atoms with van der Waals surface area (Å²) in [4.78, 5) is 3.29. The number of hydrogen-bond donors (Lipinski definition) is 0. The molecule has 1 heterocycles. The van der Waals surface area contributed by atoms with E-state index in [4.69, 9.17) is 0 Å². The Hall–Kier alpha value is -1.13. The summed E-state index contributed by atoms with van der Waals surface area (Å²) in [5, 5.41) is 0. The van der Waals surface area contributed by atoms with E-state index in [9.17, 15) is 13.2 Å². The number of hydrogen-bond acceptors (Lipinski definition) is 1. The lowest BCUT2D eigenvalue weighted by molar-refractivity contribution is -0.856. The summed E-state index contributed by atoms with van der Waals surface area (Å²) in [6.07, 6.45) is -1.47. The van der Waals surface area contributed by atoms with E-state index in [1.165, 1.54) is 12.3 Å². The van der Waals surface area contributed by atoms with Crippen LogP contribution in [0.25, 0.3) is 0 Å². The molecule has 1 rings (SSSR count). The highest BCUT2D eigenvalue weighted by Gasteiger charge is 2.35. The van der Waals surface area contributed by atoms with Gasteiger partial charge in [0.15, 0.2) is 0 Å². The fourth-order valence-corrected chi connectivity index (χ4v) is 0.480. The average Bonchev–Trinajstić information content (AvgIpc) is 1.88. The lowest BCUT2D eigenvalue weighted by Crippen LogP contribution is -2.46. The zero-order chi connectivity index (χ0) is 7.61. The van der Waals surface area contributed by atoms with E-state index < -0.39 is 6.30 Å². The van der Waals surface area contributed by atoms with Crippen LogP contribution in [0.4, 0.5) is 13.2 Å². The van der Waals surface area contributed by atoms with Crippen LogP contribution in [0.15, 0.2) is 24.8 Å². The van der Waals surface area contributed by atoms with Crippen molar-refractivity contribution in [3.8, 4) is 0 Å². The van der Waals surface area contributed by atoms with Crippen molar-refractivity contribution in [1.29, 1.82) is 0 Å². The van der Waals surface area contributed by atoms with E-state index >= 15 is 0 Å². The normalized spacial score (nSPS) is 11.5. The van der Waals surface area contributed by atoms with Gasteiger partial charge in [0.05, 0.1) is 0 Å². The second-order valence-corrected chi connectivity index (χ2v) is 1.63. The maximum absolute atomic E-state index is 11.7. The third-order valence-corrected chi connectivity index (χ3v) is 0.903. The Kier molecular flexibility index (Phi) is 1.57. The molecule has 2 nitrogen and oxygen atoms in total. The lowest BCUT2D eigenvalue weighted by Gasteiger charge is -1.99. The summed E-state index contributed by atoms with van der Waals surface area (Å²) in [5.74, 6) is 0. The second-order valence-electron chi connectivity index (χ2n) is 1.63. The quantitative estimate of drug-likeness (QED) is 0.499. The summed E-state index contributed by atoms with van der Waals surface area (Å²) in [5.41, 5.74) is 0. The largest absolute Gasteiger partial charge is 0.567 e. The Bertz CT molecular complexity index is 206. The Morgan fingerprint density at radius 3 is 2.30 bits per heavy atom. The molecule has 54 valence electrons. The van der Waals surface area contributed by atoms with Crippen LogP contribution < -0.4 is 4.57 Å². The van der Waals surface area contributed by atoms with Crippen molar-refractivity contribution < 1.29 is 17.7 Å². The highest BCUT2D eigenvalue weighted by Crippen LogP contribution is 2.11. The molecule has 1 aromatic rings. The summed E-state index contributed by atoms with van der Waals surface area (Å²) in [6, 6.07) is 1.22. The third-order valence-electron chi connectivity index (χ3n) is 0.903. The van der Waals surface area contributed by atoms with Crippen molar-refractivity contribution >= 4 is 0 Å². The Morgan fingerprint density at radius 1 is 1.30 bits per heavy atom. The molecule has 0 aromatic carbocycles. The van der Waals surface area contributed by atoms with Gasteiger partial charge in [-0.1, -0.05) is 4.98 Å². The van der Waals surface area contributed by atoms with E-state index in [2.05, 4.69) is 4.98 Å². The molecule has 10 heavy (non-hydrogen) atoms. The van der Waals surface area contributed by atoms with Crippen LogP contribution in [0.3, 0.4) is 0 Å². The molecule has 0 atom stereocenters. The van der Waals surface area contributed by atoms with Gasteiger partial charge >= 0.3 is 6.30 Å². The first-order valence-corrected chi connectivity index (χ1v) is 2.49.